The third-order valence-corrected chi connectivity index (χ3v) is 2.74. The maximum absolute atomic E-state index is 11.9. The number of nitrogens with zero attached hydrogens (tertiary/aromatic N) is 1. The summed E-state index contributed by atoms with van der Waals surface area (Å²) in [4.78, 5) is 13.6. The Morgan fingerprint density at radius 1 is 1.31 bits per heavy atom. The van der Waals surface area contributed by atoms with E-state index in [-0.39, 0.29) is 18.4 Å². The minimum atomic E-state index is -0.141. The Labute approximate surface area is 98.8 Å². The predicted octanol–water partition coefficient (Wildman–Crippen LogP) is 0.982. The lowest BCUT2D eigenvalue weighted by Gasteiger charge is -2.24. The third kappa shape index (κ3) is 6.08. The van der Waals surface area contributed by atoms with Crippen LogP contribution in [0.5, 0.6) is 0 Å². The van der Waals surface area contributed by atoms with E-state index in [4.69, 9.17) is 10.8 Å². The quantitative estimate of drug-likeness (QED) is 0.580. The molecule has 16 heavy (non-hydrogen) atoms. The molecule has 0 aliphatic rings. The number of carbonyl (C=O) groups is 1. The molecule has 0 bridgehead atoms. The number of aliphatic hydroxyl groups is 1. The average molecular weight is 230 g/mol. The molecule has 0 radical (unpaired) electrons. The second-order valence-electron chi connectivity index (χ2n) is 4.25. The van der Waals surface area contributed by atoms with Gasteiger partial charge in [-0.25, -0.2) is 0 Å². The van der Waals surface area contributed by atoms with E-state index < -0.39 is 0 Å². The van der Waals surface area contributed by atoms with Crippen molar-refractivity contribution in [1.29, 1.82) is 0 Å². The van der Waals surface area contributed by atoms with Crippen molar-refractivity contribution in [3.8, 4) is 0 Å². The second kappa shape index (κ2) is 9.60. The number of hydrogen-bond donors (Lipinski definition) is 2. The lowest BCUT2D eigenvalue weighted by molar-refractivity contribution is -0.135. The Morgan fingerprint density at radius 2 is 2.00 bits per heavy atom. The third-order valence-electron chi connectivity index (χ3n) is 2.74. The Morgan fingerprint density at radius 3 is 2.50 bits per heavy atom. The molecular formula is C12H26N2O2. The predicted molar refractivity (Wildman–Crippen MR) is 66.0 cm³/mol. The molecule has 0 fully saturated rings. The maximum atomic E-state index is 11.9. The van der Waals surface area contributed by atoms with E-state index in [2.05, 4.69) is 6.92 Å². The van der Waals surface area contributed by atoms with Gasteiger partial charge in [-0.2, -0.15) is 0 Å². The van der Waals surface area contributed by atoms with Crippen LogP contribution in [0.15, 0.2) is 0 Å². The minimum absolute atomic E-state index is 0.0246. The van der Waals surface area contributed by atoms with Crippen LogP contribution >= 0.6 is 0 Å². The van der Waals surface area contributed by atoms with Gasteiger partial charge in [-0.05, 0) is 6.42 Å². The molecule has 0 aromatic carbocycles. The van der Waals surface area contributed by atoms with E-state index in [1.54, 1.807) is 4.90 Å². The van der Waals surface area contributed by atoms with Crippen molar-refractivity contribution >= 4 is 5.91 Å². The van der Waals surface area contributed by atoms with Crippen molar-refractivity contribution in [1.82, 2.24) is 4.90 Å². The van der Waals surface area contributed by atoms with Crippen LogP contribution in [0.4, 0.5) is 0 Å². The Kier molecular flexibility index (Phi) is 9.24. The van der Waals surface area contributed by atoms with Gasteiger partial charge in [0.25, 0.3) is 0 Å². The molecule has 96 valence electrons. The largest absolute Gasteiger partial charge is 0.395 e. The van der Waals surface area contributed by atoms with Crippen LogP contribution in [-0.4, -0.2) is 42.2 Å². The van der Waals surface area contributed by atoms with Gasteiger partial charge in [0.15, 0.2) is 0 Å². The van der Waals surface area contributed by atoms with Gasteiger partial charge in [0.1, 0.15) is 0 Å². The molecule has 4 heteroatoms. The molecule has 0 rings (SSSR count). The van der Waals surface area contributed by atoms with Crippen LogP contribution in [0.3, 0.4) is 0 Å². The number of nitrogens with two attached hydrogens (primary N) is 1. The number of hydrogen-bond acceptors (Lipinski definition) is 3. The average Bonchev–Trinajstić information content (AvgIpc) is 2.31. The van der Waals surface area contributed by atoms with Gasteiger partial charge in [-0.1, -0.05) is 33.1 Å². The van der Waals surface area contributed by atoms with Gasteiger partial charge in [0.05, 0.1) is 6.61 Å². The molecule has 1 amide bonds. The van der Waals surface area contributed by atoms with Crippen LogP contribution < -0.4 is 5.73 Å². The summed E-state index contributed by atoms with van der Waals surface area (Å²) in [5.41, 5.74) is 5.47. The summed E-state index contributed by atoms with van der Waals surface area (Å²) >= 11 is 0. The molecule has 0 aliphatic heterocycles. The second-order valence-corrected chi connectivity index (χ2v) is 4.25. The van der Waals surface area contributed by atoms with Crippen molar-refractivity contribution in [3.63, 3.8) is 0 Å². The zero-order valence-electron chi connectivity index (χ0n) is 10.6. The maximum Gasteiger partial charge on any atom is 0.226 e. The van der Waals surface area contributed by atoms with Crippen LogP contribution in [-0.2, 0) is 4.79 Å². The Bertz CT molecular complexity index is 186. The summed E-state index contributed by atoms with van der Waals surface area (Å²) in [6, 6.07) is 0. The van der Waals surface area contributed by atoms with Gasteiger partial charge < -0.3 is 15.7 Å². The van der Waals surface area contributed by atoms with Crippen LogP contribution in [0, 0.1) is 5.92 Å². The topological polar surface area (TPSA) is 66.6 Å². The van der Waals surface area contributed by atoms with Crippen molar-refractivity contribution in [2.45, 2.75) is 39.5 Å². The molecule has 0 aliphatic carbocycles. The van der Waals surface area contributed by atoms with Crippen molar-refractivity contribution in [3.05, 3.63) is 0 Å². The summed E-state index contributed by atoms with van der Waals surface area (Å²) in [7, 11) is 0. The lowest BCUT2D eigenvalue weighted by atomic mass is 10.1. The van der Waals surface area contributed by atoms with Crippen LogP contribution in [0.2, 0.25) is 0 Å². The normalized spacial score (nSPS) is 12.5. The van der Waals surface area contributed by atoms with Crippen molar-refractivity contribution in [2.75, 3.05) is 26.2 Å². The van der Waals surface area contributed by atoms with E-state index in [0.717, 1.165) is 19.4 Å². The first-order chi connectivity index (χ1) is 7.67. The molecule has 0 aromatic rings. The van der Waals surface area contributed by atoms with Gasteiger partial charge >= 0.3 is 0 Å². The van der Waals surface area contributed by atoms with E-state index in [1.807, 2.05) is 6.92 Å². The first-order valence-corrected chi connectivity index (χ1v) is 6.27. The molecule has 0 aromatic heterocycles. The standard InChI is InChI=1S/C12H26N2O2/c1-3-4-5-6-7-14(8-9-15)12(16)11(2)10-13/h11,15H,3-10,13H2,1-2H3. The molecular weight excluding hydrogens is 204 g/mol. The Balaban J connectivity index is 4.00. The first-order valence-electron chi connectivity index (χ1n) is 6.27. The van der Waals surface area contributed by atoms with Gasteiger partial charge in [-0.15, -0.1) is 0 Å². The van der Waals surface area contributed by atoms with E-state index >= 15 is 0 Å². The summed E-state index contributed by atoms with van der Waals surface area (Å²) < 4.78 is 0. The summed E-state index contributed by atoms with van der Waals surface area (Å²) in [5, 5.41) is 8.92. The molecule has 1 atom stereocenters. The summed E-state index contributed by atoms with van der Waals surface area (Å²) in [5.74, 6) is -0.0780. The van der Waals surface area contributed by atoms with Gasteiger partial charge in [0, 0.05) is 25.6 Å². The number of unbranched alkanes of at least 4 members (excludes halogenated alkanes) is 3. The van der Waals surface area contributed by atoms with Gasteiger partial charge in [-0.3, -0.25) is 4.79 Å². The summed E-state index contributed by atoms with van der Waals surface area (Å²) in [6.45, 7) is 5.55. The lowest BCUT2D eigenvalue weighted by Crippen LogP contribution is -2.40. The minimum Gasteiger partial charge on any atom is -0.395 e. The molecule has 0 saturated carbocycles. The molecule has 0 spiro atoms. The fourth-order valence-corrected chi connectivity index (χ4v) is 1.59. The highest BCUT2D eigenvalue weighted by Crippen LogP contribution is 2.05. The number of amides is 1. The zero-order chi connectivity index (χ0) is 12.4. The van der Waals surface area contributed by atoms with E-state index in [9.17, 15) is 4.79 Å². The fourth-order valence-electron chi connectivity index (χ4n) is 1.59. The zero-order valence-corrected chi connectivity index (χ0v) is 10.6. The molecule has 1 unspecified atom stereocenters. The highest BCUT2D eigenvalue weighted by Gasteiger charge is 2.18. The fraction of sp³-hybridized carbons (Fsp3) is 0.917. The monoisotopic (exact) mass is 230 g/mol. The first kappa shape index (κ1) is 15.4. The molecule has 4 nitrogen and oxygen atoms in total. The van der Waals surface area contributed by atoms with E-state index in [0.29, 0.717) is 13.1 Å². The van der Waals surface area contributed by atoms with Gasteiger partial charge in [0.2, 0.25) is 5.91 Å². The van der Waals surface area contributed by atoms with Crippen LogP contribution in [0.25, 0.3) is 0 Å². The number of carbonyl (C=O) groups excluding carboxylic acids is 1. The number of rotatable bonds is 9. The smallest absolute Gasteiger partial charge is 0.226 e. The molecule has 3 N–H and O–H groups in total. The highest BCUT2D eigenvalue weighted by molar-refractivity contribution is 5.78. The van der Waals surface area contributed by atoms with E-state index in [1.165, 1.54) is 12.8 Å². The van der Waals surface area contributed by atoms with Crippen LogP contribution in [0.1, 0.15) is 39.5 Å². The van der Waals surface area contributed by atoms with Crippen molar-refractivity contribution in [2.24, 2.45) is 11.7 Å². The highest BCUT2D eigenvalue weighted by atomic mass is 16.3. The Hall–Kier alpha value is -0.610. The summed E-state index contributed by atoms with van der Waals surface area (Å²) in [6.07, 6.45) is 4.54. The van der Waals surface area contributed by atoms with Crippen molar-refractivity contribution < 1.29 is 9.90 Å². The molecule has 0 heterocycles. The molecule has 0 saturated heterocycles. The SMILES string of the molecule is CCCCCCN(CCO)C(=O)C(C)CN. The number of aliphatic hydroxyl groups excluding tert-OH is 1.